The molecule has 0 spiro atoms. The third-order valence-electron chi connectivity index (χ3n) is 6.20. The molecule has 0 aliphatic heterocycles. The molecular formula is C30H46O2. The van der Waals surface area contributed by atoms with Crippen molar-refractivity contribution in [3.63, 3.8) is 0 Å². The summed E-state index contributed by atoms with van der Waals surface area (Å²) in [6, 6.07) is 13.3. The molecule has 0 saturated carbocycles. The van der Waals surface area contributed by atoms with Gasteiger partial charge in [-0.15, -0.1) is 0 Å². The zero-order valence-corrected chi connectivity index (χ0v) is 22.7. The van der Waals surface area contributed by atoms with Gasteiger partial charge in [-0.05, 0) is 69.9 Å². The van der Waals surface area contributed by atoms with Crippen molar-refractivity contribution < 1.29 is 9.47 Å². The summed E-state index contributed by atoms with van der Waals surface area (Å²) in [6.07, 6.45) is 2.20. The van der Waals surface area contributed by atoms with Crippen molar-refractivity contribution in [1.29, 1.82) is 0 Å². The van der Waals surface area contributed by atoms with Gasteiger partial charge in [0.15, 0.2) is 0 Å². The van der Waals surface area contributed by atoms with E-state index < -0.39 is 0 Å². The summed E-state index contributed by atoms with van der Waals surface area (Å²) in [5, 5.41) is 0. The van der Waals surface area contributed by atoms with Crippen LogP contribution in [0.15, 0.2) is 36.4 Å². The Bertz CT molecular complexity index is 843. The Morgan fingerprint density at radius 1 is 0.531 bits per heavy atom. The second-order valence-corrected chi connectivity index (χ2v) is 13.1. The SMILES string of the molecule is COc1ccc(C(C)(C)CC(C)(C)C)cc1-c1cc(C(C)(C)CC(C)(C)C)ccc1OC. The van der Waals surface area contributed by atoms with E-state index >= 15 is 0 Å². The highest BCUT2D eigenvalue weighted by Gasteiger charge is 2.30. The van der Waals surface area contributed by atoms with Gasteiger partial charge in [0.05, 0.1) is 14.2 Å². The van der Waals surface area contributed by atoms with Crippen LogP contribution in [0.2, 0.25) is 0 Å². The van der Waals surface area contributed by atoms with Gasteiger partial charge >= 0.3 is 0 Å². The highest BCUT2D eigenvalue weighted by atomic mass is 16.5. The molecule has 0 unspecified atom stereocenters. The Labute approximate surface area is 197 Å². The smallest absolute Gasteiger partial charge is 0.126 e. The van der Waals surface area contributed by atoms with Gasteiger partial charge in [-0.1, -0.05) is 81.4 Å². The van der Waals surface area contributed by atoms with Gasteiger partial charge in [0.2, 0.25) is 0 Å². The Balaban J connectivity index is 2.67. The molecule has 0 N–H and O–H groups in total. The first-order chi connectivity index (χ1) is 14.5. The zero-order valence-electron chi connectivity index (χ0n) is 22.7. The number of hydrogen-bond acceptors (Lipinski definition) is 2. The first-order valence-corrected chi connectivity index (χ1v) is 11.9. The van der Waals surface area contributed by atoms with Crippen LogP contribution < -0.4 is 9.47 Å². The molecule has 0 radical (unpaired) electrons. The van der Waals surface area contributed by atoms with Gasteiger partial charge < -0.3 is 9.47 Å². The fraction of sp³-hybridized carbons (Fsp3) is 0.600. The molecule has 2 rings (SSSR count). The maximum Gasteiger partial charge on any atom is 0.126 e. The van der Waals surface area contributed by atoms with Crippen molar-refractivity contribution in [3.8, 4) is 22.6 Å². The molecule has 2 nitrogen and oxygen atoms in total. The summed E-state index contributed by atoms with van der Waals surface area (Å²) < 4.78 is 11.6. The standard InChI is InChI=1S/C30H46O2/c1-27(2,3)19-29(7,8)21-13-15-25(31-11)23(17-21)24-18-22(14-16-26(24)32-12)30(9,10)20-28(4,5)6/h13-18H,19-20H2,1-12H3. The Kier molecular flexibility index (Phi) is 7.49. The van der Waals surface area contributed by atoms with Crippen molar-refractivity contribution in [3.05, 3.63) is 47.5 Å². The zero-order chi connectivity index (χ0) is 24.5. The summed E-state index contributed by atoms with van der Waals surface area (Å²) in [5.74, 6) is 1.76. The largest absolute Gasteiger partial charge is 0.496 e. The first kappa shape index (κ1) is 26.3. The molecule has 0 aromatic heterocycles. The third-order valence-corrected chi connectivity index (χ3v) is 6.20. The number of benzene rings is 2. The minimum atomic E-state index is 0.0512. The number of ether oxygens (including phenoxy) is 2. The predicted octanol–water partition coefficient (Wildman–Crippen LogP) is 8.80. The van der Waals surface area contributed by atoms with Crippen LogP contribution in [0, 0.1) is 10.8 Å². The van der Waals surface area contributed by atoms with Crippen LogP contribution in [-0.4, -0.2) is 14.2 Å². The second kappa shape index (κ2) is 9.12. The summed E-state index contributed by atoms with van der Waals surface area (Å²) in [7, 11) is 3.50. The van der Waals surface area contributed by atoms with Crippen LogP contribution in [0.4, 0.5) is 0 Å². The molecule has 0 aliphatic rings. The minimum Gasteiger partial charge on any atom is -0.496 e. The van der Waals surface area contributed by atoms with E-state index in [1.165, 1.54) is 11.1 Å². The van der Waals surface area contributed by atoms with Crippen molar-refractivity contribution in [2.24, 2.45) is 10.8 Å². The van der Waals surface area contributed by atoms with E-state index in [1.807, 2.05) is 0 Å². The molecule has 2 heteroatoms. The van der Waals surface area contributed by atoms with Crippen LogP contribution in [0.1, 0.15) is 93.2 Å². The molecule has 0 bridgehead atoms. The molecule has 0 atom stereocenters. The molecule has 2 aromatic carbocycles. The van der Waals surface area contributed by atoms with Crippen LogP contribution in [0.5, 0.6) is 11.5 Å². The molecule has 0 saturated heterocycles. The monoisotopic (exact) mass is 438 g/mol. The molecule has 0 aliphatic carbocycles. The van der Waals surface area contributed by atoms with E-state index in [0.717, 1.165) is 35.5 Å². The van der Waals surface area contributed by atoms with E-state index in [2.05, 4.69) is 106 Å². The van der Waals surface area contributed by atoms with Gasteiger partial charge in [-0.25, -0.2) is 0 Å². The van der Waals surface area contributed by atoms with E-state index in [9.17, 15) is 0 Å². The summed E-state index contributed by atoms with van der Waals surface area (Å²) in [4.78, 5) is 0. The van der Waals surface area contributed by atoms with E-state index in [-0.39, 0.29) is 21.7 Å². The number of methoxy groups -OCH3 is 2. The fourth-order valence-corrected chi connectivity index (χ4v) is 5.53. The number of rotatable bonds is 7. The summed E-state index contributed by atoms with van der Waals surface area (Å²) in [5.41, 5.74) is 5.44. The Morgan fingerprint density at radius 2 is 0.844 bits per heavy atom. The lowest BCUT2D eigenvalue weighted by Gasteiger charge is -2.34. The second-order valence-electron chi connectivity index (χ2n) is 13.1. The van der Waals surface area contributed by atoms with Gasteiger partial charge in [0.1, 0.15) is 11.5 Å². The summed E-state index contributed by atoms with van der Waals surface area (Å²) in [6.45, 7) is 23.2. The van der Waals surface area contributed by atoms with Crippen molar-refractivity contribution in [1.82, 2.24) is 0 Å². The molecule has 0 fully saturated rings. The molecule has 2 aromatic rings. The van der Waals surface area contributed by atoms with Crippen LogP contribution in [0.3, 0.4) is 0 Å². The molecule has 32 heavy (non-hydrogen) atoms. The van der Waals surface area contributed by atoms with Gasteiger partial charge in [-0.3, -0.25) is 0 Å². The Morgan fingerprint density at radius 3 is 1.09 bits per heavy atom. The van der Waals surface area contributed by atoms with E-state index in [4.69, 9.17) is 9.47 Å². The normalized spacial score (nSPS) is 13.2. The van der Waals surface area contributed by atoms with Gasteiger partial charge in [0.25, 0.3) is 0 Å². The predicted molar refractivity (Wildman–Crippen MR) is 139 cm³/mol. The summed E-state index contributed by atoms with van der Waals surface area (Å²) >= 11 is 0. The third kappa shape index (κ3) is 6.53. The van der Waals surface area contributed by atoms with Crippen LogP contribution >= 0.6 is 0 Å². The van der Waals surface area contributed by atoms with Crippen LogP contribution in [-0.2, 0) is 10.8 Å². The van der Waals surface area contributed by atoms with E-state index in [1.54, 1.807) is 14.2 Å². The quantitative estimate of drug-likeness (QED) is 0.430. The topological polar surface area (TPSA) is 18.5 Å². The number of hydrogen-bond donors (Lipinski definition) is 0. The van der Waals surface area contributed by atoms with Crippen molar-refractivity contribution in [2.45, 2.75) is 92.9 Å². The lowest BCUT2D eigenvalue weighted by Crippen LogP contribution is -2.25. The van der Waals surface area contributed by atoms with E-state index in [0.29, 0.717) is 0 Å². The van der Waals surface area contributed by atoms with Gasteiger partial charge in [0, 0.05) is 11.1 Å². The highest BCUT2D eigenvalue weighted by molar-refractivity contribution is 5.77. The van der Waals surface area contributed by atoms with Crippen LogP contribution in [0.25, 0.3) is 11.1 Å². The molecule has 0 amide bonds. The van der Waals surface area contributed by atoms with Crippen molar-refractivity contribution >= 4 is 0 Å². The molecular weight excluding hydrogens is 392 g/mol. The Hall–Kier alpha value is -1.96. The average Bonchev–Trinajstić information content (AvgIpc) is 2.63. The lowest BCUT2D eigenvalue weighted by atomic mass is 9.71. The molecule has 178 valence electrons. The van der Waals surface area contributed by atoms with Crippen molar-refractivity contribution in [2.75, 3.05) is 14.2 Å². The van der Waals surface area contributed by atoms with Gasteiger partial charge in [-0.2, -0.15) is 0 Å². The maximum atomic E-state index is 5.82. The maximum absolute atomic E-state index is 5.82. The minimum absolute atomic E-state index is 0.0512. The average molecular weight is 439 g/mol. The molecule has 0 heterocycles. The highest BCUT2D eigenvalue weighted by Crippen LogP contribution is 2.44. The fourth-order valence-electron chi connectivity index (χ4n) is 5.53. The first-order valence-electron chi connectivity index (χ1n) is 11.9. The lowest BCUT2D eigenvalue weighted by molar-refractivity contribution is 0.283.